The lowest BCUT2D eigenvalue weighted by atomic mass is 9.91. The molecule has 5 heteroatoms. The molecule has 0 aromatic carbocycles. The van der Waals surface area contributed by atoms with Crippen LogP contribution in [0.5, 0.6) is 0 Å². The quantitative estimate of drug-likeness (QED) is 0.547. The topological polar surface area (TPSA) is 35.0 Å². The summed E-state index contributed by atoms with van der Waals surface area (Å²) in [6.45, 7) is 8.00. The molecule has 1 atom stereocenters. The van der Waals surface area contributed by atoms with E-state index in [4.69, 9.17) is 21.3 Å². The summed E-state index contributed by atoms with van der Waals surface area (Å²) in [5.74, 6) is 1.12. The molecule has 0 bridgehead atoms. The van der Waals surface area contributed by atoms with E-state index in [0.717, 1.165) is 34.5 Å². The number of hydrogen-bond acceptors (Lipinski definition) is 3. The van der Waals surface area contributed by atoms with E-state index in [0.29, 0.717) is 11.8 Å². The largest absolute Gasteiger partial charge is 0.381 e. The van der Waals surface area contributed by atoms with Crippen molar-refractivity contribution in [3.63, 3.8) is 0 Å². The maximum absolute atomic E-state index is 6.24. The van der Waals surface area contributed by atoms with Crippen molar-refractivity contribution in [2.45, 2.75) is 44.9 Å². The molecule has 1 fully saturated rings. The summed E-state index contributed by atoms with van der Waals surface area (Å²) < 4.78 is 6.47. The highest BCUT2D eigenvalue weighted by molar-refractivity contribution is 14.1. The molecule has 1 aliphatic rings. The van der Waals surface area contributed by atoms with Gasteiger partial charge in [-0.1, -0.05) is 32.4 Å². The lowest BCUT2D eigenvalue weighted by Crippen LogP contribution is -2.22. The SMILES string of the molecule is CC(C)(C)c1nc(C2CCCOC2)nc(Cl)c1I. The van der Waals surface area contributed by atoms with E-state index in [9.17, 15) is 0 Å². The van der Waals surface area contributed by atoms with Crippen molar-refractivity contribution in [3.8, 4) is 0 Å². The molecule has 3 nitrogen and oxygen atoms in total. The lowest BCUT2D eigenvalue weighted by molar-refractivity contribution is 0.0779. The number of hydrogen-bond donors (Lipinski definition) is 0. The summed E-state index contributed by atoms with van der Waals surface area (Å²) in [6.07, 6.45) is 2.16. The smallest absolute Gasteiger partial charge is 0.146 e. The van der Waals surface area contributed by atoms with Crippen molar-refractivity contribution in [1.82, 2.24) is 9.97 Å². The molecule has 2 heterocycles. The molecule has 2 rings (SSSR count). The van der Waals surface area contributed by atoms with Gasteiger partial charge < -0.3 is 4.74 Å². The molecule has 0 saturated carbocycles. The molecule has 1 aromatic rings. The number of ether oxygens (including phenoxy) is 1. The van der Waals surface area contributed by atoms with Crippen molar-refractivity contribution in [2.75, 3.05) is 13.2 Å². The summed E-state index contributed by atoms with van der Waals surface area (Å²) in [4.78, 5) is 9.18. The fourth-order valence-corrected chi connectivity index (χ4v) is 3.29. The average Bonchev–Trinajstić information content (AvgIpc) is 2.32. The molecule has 0 radical (unpaired) electrons. The van der Waals surface area contributed by atoms with Gasteiger partial charge in [-0.15, -0.1) is 0 Å². The van der Waals surface area contributed by atoms with Crippen molar-refractivity contribution in [1.29, 1.82) is 0 Å². The monoisotopic (exact) mass is 380 g/mol. The Morgan fingerprint density at radius 2 is 2.06 bits per heavy atom. The van der Waals surface area contributed by atoms with E-state index in [1.54, 1.807) is 0 Å². The maximum atomic E-state index is 6.24. The molecule has 1 unspecified atom stereocenters. The van der Waals surface area contributed by atoms with E-state index in [1.807, 2.05) is 0 Å². The molecule has 0 spiro atoms. The molecule has 100 valence electrons. The van der Waals surface area contributed by atoms with Crippen LogP contribution < -0.4 is 0 Å². The number of nitrogens with zero attached hydrogens (tertiary/aromatic N) is 2. The van der Waals surface area contributed by atoms with E-state index in [1.165, 1.54) is 0 Å². The second-order valence-corrected chi connectivity index (χ2v) is 7.14. The Bertz CT molecular complexity index is 439. The lowest BCUT2D eigenvalue weighted by Gasteiger charge is -2.25. The van der Waals surface area contributed by atoms with Crippen LogP contribution in [0.4, 0.5) is 0 Å². The van der Waals surface area contributed by atoms with Crippen LogP contribution in [0.25, 0.3) is 0 Å². The standard InChI is InChI=1S/C13H18ClIN2O/c1-13(2,3)10-9(15)11(14)17-12(16-10)8-5-4-6-18-7-8/h8H,4-7H2,1-3H3. The Kier molecular flexibility index (Phi) is 4.49. The Morgan fingerprint density at radius 1 is 1.33 bits per heavy atom. The molecule has 0 amide bonds. The zero-order chi connectivity index (χ0) is 13.3. The summed E-state index contributed by atoms with van der Waals surface area (Å²) in [5.41, 5.74) is 1.01. The molecular weight excluding hydrogens is 363 g/mol. The number of aromatic nitrogens is 2. The van der Waals surface area contributed by atoms with Gasteiger partial charge in [0.05, 0.1) is 15.9 Å². The third-order valence-electron chi connectivity index (χ3n) is 3.06. The Hall–Kier alpha value is 0.0600. The molecule has 18 heavy (non-hydrogen) atoms. The summed E-state index contributed by atoms with van der Waals surface area (Å²) in [5, 5.41) is 0.566. The van der Waals surface area contributed by atoms with Crippen LogP contribution in [0.2, 0.25) is 5.15 Å². The van der Waals surface area contributed by atoms with Crippen molar-refractivity contribution in [2.24, 2.45) is 0 Å². The second-order valence-electron chi connectivity index (χ2n) is 5.70. The minimum absolute atomic E-state index is 0.0205. The molecule has 0 aliphatic carbocycles. The van der Waals surface area contributed by atoms with Gasteiger partial charge in [-0.05, 0) is 35.4 Å². The fourth-order valence-electron chi connectivity index (χ4n) is 2.06. The highest BCUT2D eigenvalue weighted by Gasteiger charge is 2.26. The summed E-state index contributed by atoms with van der Waals surface area (Å²) in [7, 11) is 0. The van der Waals surface area contributed by atoms with Crippen LogP contribution in [0, 0.1) is 3.57 Å². The van der Waals surface area contributed by atoms with E-state index < -0.39 is 0 Å². The number of halogens is 2. The second kappa shape index (κ2) is 5.59. The maximum Gasteiger partial charge on any atom is 0.146 e. The zero-order valence-electron chi connectivity index (χ0n) is 11.0. The van der Waals surface area contributed by atoms with Gasteiger partial charge in [0.1, 0.15) is 11.0 Å². The molecule has 1 saturated heterocycles. The van der Waals surface area contributed by atoms with Gasteiger partial charge in [-0.25, -0.2) is 9.97 Å². The first-order valence-electron chi connectivity index (χ1n) is 6.20. The van der Waals surface area contributed by atoms with Crippen molar-refractivity contribution >= 4 is 34.2 Å². The molecule has 0 N–H and O–H groups in total. The summed E-state index contributed by atoms with van der Waals surface area (Å²) in [6, 6.07) is 0. The van der Waals surface area contributed by atoms with Gasteiger partial charge in [0.2, 0.25) is 0 Å². The minimum atomic E-state index is -0.0205. The van der Waals surface area contributed by atoms with Crippen LogP contribution in [0.15, 0.2) is 0 Å². The van der Waals surface area contributed by atoms with E-state index >= 15 is 0 Å². The van der Waals surface area contributed by atoms with Crippen molar-refractivity contribution < 1.29 is 4.74 Å². The van der Waals surface area contributed by atoms with Gasteiger partial charge in [0, 0.05) is 17.9 Å². The molecular formula is C13H18ClIN2O. The van der Waals surface area contributed by atoms with Gasteiger partial charge in [-0.3, -0.25) is 0 Å². The van der Waals surface area contributed by atoms with Crippen LogP contribution in [-0.4, -0.2) is 23.2 Å². The minimum Gasteiger partial charge on any atom is -0.381 e. The zero-order valence-corrected chi connectivity index (χ0v) is 13.9. The van der Waals surface area contributed by atoms with Crippen molar-refractivity contribution in [3.05, 3.63) is 20.2 Å². The first-order chi connectivity index (χ1) is 8.39. The van der Waals surface area contributed by atoms with Gasteiger partial charge in [0.15, 0.2) is 0 Å². The van der Waals surface area contributed by atoms with Crippen LogP contribution in [0.3, 0.4) is 0 Å². The average molecular weight is 381 g/mol. The number of rotatable bonds is 1. The Balaban J connectivity index is 2.40. The Morgan fingerprint density at radius 3 is 2.61 bits per heavy atom. The Labute approximate surface area is 127 Å². The third-order valence-corrected chi connectivity index (χ3v) is 4.68. The van der Waals surface area contributed by atoms with Crippen LogP contribution in [-0.2, 0) is 10.2 Å². The van der Waals surface area contributed by atoms with Gasteiger partial charge in [0.25, 0.3) is 0 Å². The highest BCUT2D eigenvalue weighted by atomic mass is 127. The molecule has 1 aliphatic heterocycles. The van der Waals surface area contributed by atoms with Gasteiger partial charge in [-0.2, -0.15) is 0 Å². The predicted octanol–water partition coefficient (Wildman–Crippen LogP) is 3.93. The van der Waals surface area contributed by atoms with E-state index in [2.05, 4.69) is 48.3 Å². The molecule has 1 aromatic heterocycles. The predicted molar refractivity (Wildman–Crippen MR) is 81.3 cm³/mol. The first-order valence-corrected chi connectivity index (χ1v) is 7.66. The first kappa shape index (κ1) is 14.5. The summed E-state index contributed by atoms with van der Waals surface area (Å²) >= 11 is 8.47. The van der Waals surface area contributed by atoms with Crippen LogP contribution >= 0.6 is 34.2 Å². The fraction of sp³-hybridized carbons (Fsp3) is 0.692. The third kappa shape index (κ3) is 3.14. The van der Waals surface area contributed by atoms with Gasteiger partial charge >= 0.3 is 0 Å². The normalized spacial score (nSPS) is 21.1. The highest BCUT2D eigenvalue weighted by Crippen LogP contribution is 2.32. The van der Waals surface area contributed by atoms with Crippen LogP contribution in [0.1, 0.15) is 51.0 Å². The van der Waals surface area contributed by atoms with E-state index in [-0.39, 0.29) is 11.3 Å².